The van der Waals surface area contributed by atoms with Gasteiger partial charge in [-0.3, -0.25) is 4.79 Å². The number of ether oxygens (including phenoxy) is 1. The quantitative estimate of drug-likeness (QED) is 0.541. The lowest BCUT2D eigenvalue weighted by Crippen LogP contribution is -2.07. The number of esters is 1. The van der Waals surface area contributed by atoms with E-state index in [0.29, 0.717) is 18.3 Å². The van der Waals surface area contributed by atoms with Crippen molar-refractivity contribution in [3.8, 4) is 0 Å². The maximum atomic E-state index is 11.4. The molecule has 0 atom stereocenters. The molecule has 0 unspecified atom stereocenters. The van der Waals surface area contributed by atoms with Crippen molar-refractivity contribution < 1.29 is 9.53 Å². The van der Waals surface area contributed by atoms with Gasteiger partial charge in [0.2, 0.25) is 0 Å². The van der Waals surface area contributed by atoms with Crippen LogP contribution in [0.2, 0.25) is 0 Å². The van der Waals surface area contributed by atoms with Gasteiger partial charge in [0, 0.05) is 18.2 Å². The molecule has 20 heavy (non-hydrogen) atoms. The predicted molar refractivity (Wildman–Crippen MR) is 83.3 cm³/mol. The van der Waals surface area contributed by atoms with E-state index in [1.165, 1.54) is 18.2 Å². The van der Waals surface area contributed by atoms with Crippen molar-refractivity contribution >= 4 is 17.7 Å². The molecule has 0 aliphatic rings. The highest BCUT2D eigenvalue weighted by Gasteiger charge is 2.17. The number of thioether (sulfide) groups is 1. The number of unbranched alkanes of at least 4 members (excludes halogenated alkanes) is 1. The van der Waals surface area contributed by atoms with Gasteiger partial charge in [0.1, 0.15) is 10.9 Å². The number of rotatable bonds is 8. The van der Waals surface area contributed by atoms with Crippen molar-refractivity contribution in [1.29, 1.82) is 0 Å². The largest absolute Gasteiger partial charge is 0.465 e. The van der Waals surface area contributed by atoms with Gasteiger partial charge < -0.3 is 9.30 Å². The molecular formula is C15H26N2O2S. The monoisotopic (exact) mass is 298 g/mol. The van der Waals surface area contributed by atoms with E-state index in [0.717, 1.165) is 29.5 Å². The van der Waals surface area contributed by atoms with Crippen LogP contribution in [-0.4, -0.2) is 27.9 Å². The Balaban J connectivity index is 2.83. The normalized spacial score (nSPS) is 11.1. The molecule has 0 spiro atoms. The Morgan fingerprint density at radius 2 is 2.10 bits per heavy atom. The molecule has 0 N–H and O–H groups in total. The molecule has 1 heterocycles. The summed E-state index contributed by atoms with van der Waals surface area (Å²) < 4.78 is 7.25. The second-order valence-corrected chi connectivity index (χ2v) is 6.08. The minimum absolute atomic E-state index is 0.175. The van der Waals surface area contributed by atoms with E-state index < -0.39 is 0 Å². The number of hydrogen-bond donors (Lipinski definition) is 0. The first kappa shape index (κ1) is 17.1. The van der Waals surface area contributed by atoms with E-state index in [9.17, 15) is 4.79 Å². The first-order valence-electron chi connectivity index (χ1n) is 7.36. The average molecular weight is 298 g/mol. The number of aromatic nitrogens is 2. The van der Waals surface area contributed by atoms with Gasteiger partial charge in [0.25, 0.3) is 0 Å². The fourth-order valence-electron chi connectivity index (χ4n) is 2.04. The molecule has 1 aromatic rings. The smallest absolute Gasteiger partial charge is 0.316 e. The molecule has 5 heteroatoms. The van der Waals surface area contributed by atoms with Crippen molar-refractivity contribution in [2.45, 2.75) is 64.9 Å². The standard InChI is InChI=1S/C15H26N2O2S/c1-6-8-9-17-12(5)15(16-14(17)11(3)4)20-10-13(18)19-7-2/h11H,6-10H2,1-5H3. The fraction of sp³-hybridized carbons (Fsp3) is 0.733. The molecule has 0 aliphatic carbocycles. The van der Waals surface area contributed by atoms with Crippen LogP contribution >= 0.6 is 11.8 Å². The third-order valence-electron chi connectivity index (χ3n) is 3.09. The topological polar surface area (TPSA) is 44.1 Å². The SMILES string of the molecule is CCCCn1c(C(C)C)nc(SCC(=O)OCC)c1C. The Bertz CT molecular complexity index is 441. The molecule has 0 aliphatic heterocycles. The van der Waals surface area contributed by atoms with Crippen LogP contribution in [0, 0.1) is 6.92 Å². The molecule has 0 fully saturated rings. The molecule has 0 saturated heterocycles. The van der Waals surface area contributed by atoms with Crippen molar-refractivity contribution in [1.82, 2.24) is 9.55 Å². The minimum Gasteiger partial charge on any atom is -0.465 e. The molecular weight excluding hydrogens is 272 g/mol. The molecule has 1 aromatic heterocycles. The van der Waals surface area contributed by atoms with Gasteiger partial charge in [-0.2, -0.15) is 0 Å². The first-order valence-corrected chi connectivity index (χ1v) is 8.35. The summed E-state index contributed by atoms with van der Waals surface area (Å²) in [6.07, 6.45) is 2.32. The molecule has 0 radical (unpaired) electrons. The summed E-state index contributed by atoms with van der Waals surface area (Å²) in [5.74, 6) is 1.66. The third kappa shape index (κ3) is 4.54. The maximum Gasteiger partial charge on any atom is 0.316 e. The number of nitrogens with zero attached hydrogens (tertiary/aromatic N) is 2. The van der Waals surface area contributed by atoms with E-state index in [1.807, 2.05) is 6.92 Å². The number of carbonyl (C=O) groups is 1. The van der Waals surface area contributed by atoms with Gasteiger partial charge in [0.05, 0.1) is 12.4 Å². The van der Waals surface area contributed by atoms with E-state index in [-0.39, 0.29) is 5.97 Å². The lowest BCUT2D eigenvalue weighted by molar-refractivity contribution is -0.139. The second kappa shape index (κ2) is 8.35. The van der Waals surface area contributed by atoms with Gasteiger partial charge in [-0.1, -0.05) is 39.0 Å². The second-order valence-electron chi connectivity index (χ2n) is 5.11. The minimum atomic E-state index is -0.175. The van der Waals surface area contributed by atoms with Crippen molar-refractivity contribution in [3.63, 3.8) is 0 Å². The van der Waals surface area contributed by atoms with Crippen LogP contribution < -0.4 is 0 Å². The molecule has 0 saturated carbocycles. The van der Waals surface area contributed by atoms with Crippen LogP contribution in [0.15, 0.2) is 5.03 Å². The van der Waals surface area contributed by atoms with Crippen LogP contribution in [-0.2, 0) is 16.1 Å². The zero-order chi connectivity index (χ0) is 15.1. The number of imidazole rings is 1. The lowest BCUT2D eigenvalue weighted by Gasteiger charge is -2.11. The Morgan fingerprint density at radius 3 is 2.65 bits per heavy atom. The summed E-state index contributed by atoms with van der Waals surface area (Å²) in [4.78, 5) is 16.2. The van der Waals surface area contributed by atoms with E-state index in [4.69, 9.17) is 9.72 Å². The molecule has 114 valence electrons. The van der Waals surface area contributed by atoms with Crippen LogP contribution in [0.1, 0.15) is 58.0 Å². The van der Waals surface area contributed by atoms with Crippen LogP contribution in [0.25, 0.3) is 0 Å². The highest BCUT2D eigenvalue weighted by Crippen LogP contribution is 2.26. The maximum absolute atomic E-state index is 11.4. The summed E-state index contributed by atoms with van der Waals surface area (Å²) in [6.45, 7) is 11.8. The summed E-state index contributed by atoms with van der Waals surface area (Å²) in [5, 5.41) is 0.956. The van der Waals surface area contributed by atoms with Gasteiger partial charge in [-0.15, -0.1) is 0 Å². The summed E-state index contributed by atoms with van der Waals surface area (Å²) in [6, 6.07) is 0. The molecule has 0 aromatic carbocycles. The zero-order valence-corrected chi connectivity index (χ0v) is 14.0. The first-order chi connectivity index (χ1) is 9.51. The van der Waals surface area contributed by atoms with Crippen molar-refractivity contribution in [2.24, 2.45) is 0 Å². The molecule has 0 bridgehead atoms. The van der Waals surface area contributed by atoms with Crippen molar-refractivity contribution in [2.75, 3.05) is 12.4 Å². The molecule has 0 amide bonds. The van der Waals surface area contributed by atoms with Crippen LogP contribution in [0.4, 0.5) is 0 Å². The zero-order valence-electron chi connectivity index (χ0n) is 13.2. The Kier molecular flexibility index (Phi) is 7.13. The number of hydrogen-bond acceptors (Lipinski definition) is 4. The summed E-state index contributed by atoms with van der Waals surface area (Å²) in [5.41, 5.74) is 1.16. The highest BCUT2D eigenvalue weighted by atomic mass is 32.2. The molecule has 4 nitrogen and oxygen atoms in total. The summed E-state index contributed by atoms with van der Waals surface area (Å²) in [7, 11) is 0. The van der Waals surface area contributed by atoms with Crippen molar-refractivity contribution in [3.05, 3.63) is 11.5 Å². The fourth-order valence-corrected chi connectivity index (χ4v) is 2.85. The highest BCUT2D eigenvalue weighted by molar-refractivity contribution is 7.99. The Morgan fingerprint density at radius 1 is 1.40 bits per heavy atom. The van der Waals surface area contributed by atoms with Gasteiger partial charge in [-0.25, -0.2) is 4.98 Å². The summed E-state index contributed by atoms with van der Waals surface area (Å²) >= 11 is 1.47. The van der Waals surface area contributed by atoms with E-state index in [1.54, 1.807) is 0 Å². The van der Waals surface area contributed by atoms with Gasteiger partial charge in [-0.05, 0) is 20.3 Å². The Labute approximate surface area is 126 Å². The number of carbonyl (C=O) groups excluding carboxylic acids is 1. The third-order valence-corrected chi connectivity index (χ3v) is 4.13. The predicted octanol–water partition coefficient (Wildman–Crippen LogP) is 3.77. The van der Waals surface area contributed by atoms with E-state index in [2.05, 4.69) is 32.3 Å². The van der Waals surface area contributed by atoms with Crippen LogP contribution in [0.3, 0.4) is 0 Å². The molecule has 1 rings (SSSR count). The van der Waals surface area contributed by atoms with E-state index >= 15 is 0 Å². The van der Waals surface area contributed by atoms with Gasteiger partial charge >= 0.3 is 5.97 Å². The lowest BCUT2D eigenvalue weighted by atomic mass is 10.2. The Hall–Kier alpha value is -0.970. The van der Waals surface area contributed by atoms with Crippen LogP contribution in [0.5, 0.6) is 0 Å². The average Bonchev–Trinajstić information content (AvgIpc) is 2.71. The van der Waals surface area contributed by atoms with Gasteiger partial charge in [0.15, 0.2) is 0 Å².